The number of alkyl halides is 5. The van der Waals surface area contributed by atoms with Crippen LogP contribution in [0.2, 0.25) is 5.15 Å². The lowest BCUT2D eigenvalue weighted by molar-refractivity contribution is -0.181. The van der Waals surface area contributed by atoms with Gasteiger partial charge < -0.3 is 14.7 Å². The largest absolute Gasteiger partial charge is 0.401 e. The van der Waals surface area contributed by atoms with E-state index in [4.69, 9.17) is 11.6 Å². The van der Waals surface area contributed by atoms with Crippen molar-refractivity contribution in [1.29, 1.82) is 0 Å². The highest BCUT2D eigenvalue weighted by molar-refractivity contribution is 6.29. The molecule has 1 saturated carbocycles. The van der Waals surface area contributed by atoms with Crippen molar-refractivity contribution >= 4 is 34.5 Å². The SMILES string of the molecule is C[C@@]1(C(F)(F)F)CN(c2ccc([C@H]3C(F)(F)[C@]3(C)C(=O)N3CCC(N4CCCC4)CC3)cc2)c2cnc3cc(Cl)nn3c21. The number of aromatic nitrogens is 3. The van der Waals surface area contributed by atoms with Gasteiger partial charge in [0.1, 0.15) is 10.8 Å². The van der Waals surface area contributed by atoms with Crippen molar-refractivity contribution in [2.24, 2.45) is 5.41 Å². The Bertz CT molecular complexity index is 1580. The third-order valence-electron chi connectivity index (χ3n) is 10.3. The number of fused-ring (bicyclic) bond motifs is 3. The molecular formula is C30H32ClF5N6O. The summed E-state index contributed by atoms with van der Waals surface area (Å²) < 4.78 is 75.4. The van der Waals surface area contributed by atoms with Gasteiger partial charge in [-0.2, -0.15) is 18.3 Å². The average molecular weight is 623 g/mol. The number of carbonyl (C=O) groups is 1. The van der Waals surface area contributed by atoms with Gasteiger partial charge in [-0.1, -0.05) is 23.7 Å². The quantitative estimate of drug-likeness (QED) is 0.325. The molecule has 0 spiro atoms. The maximum absolute atomic E-state index is 15.4. The fourth-order valence-electron chi connectivity index (χ4n) is 7.60. The Labute approximate surface area is 250 Å². The maximum atomic E-state index is 15.4. The normalized spacial score (nSPS) is 29.4. The molecule has 2 aromatic heterocycles. The summed E-state index contributed by atoms with van der Waals surface area (Å²) in [4.78, 5) is 23.2. The number of anilines is 2. The topological polar surface area (TPSA) is 57.0 Å². The first-order valence-corrected chi connectivity index (χ1v) is 15.1. The van der Waals surface area contributed by atoms with Crippen molar-refractivity contribution in [3.05, 3.63) is 52.9 Å². The summed E-state index contributed by atoms with van der Waals surface area (Å²) in [6.07, 6.45) is 0.654. The Morgan fingerprint density at radius 1 is 1.02 bits per heavy atom. The van der Waals surface area contributed by atoms with Crippen LogP contribution in [0.3, 0.4) is 0 Å². The molecule has 1 aromatic carbocycles. The molecule has 1 amide bonds. The van der Waals surface area contributed by atoms with Crippen LogP contribution in [0.5, 0.6) is 0 Å². The van der Waals surface area contributed by atoms with Crippen molar-refractivity contribution < 1.29 is 26.7 Å². The van der Waals surface area contributed by atoms with Crippen molar-refractivity contribution in [2.75, 3.05) is 37.6 Å². The van der Waals surface area contributed by atoms with Gasteiger partial charge in [-0.15, -0.1) is 0 Å². The van der Waals surface area contributed by atoms with Crippen molar-refractivity contribution in [3.63, 3.8) is 0 Å². The van der Waals surface area contributed by atoms with Crippen LogP contribution in [-0.2, 0) is 10.2 Å². The minimum absolute atomic E-state index is 0.0205. The van der Waals surface area contributed by atoms with Crippen LogP contribution in [0, 0.1) is 5.41 Å². The van der Waals surface area contributed by atoms with Gasteiger partial charge in [-0.3, -0.25) is 4.79 Å². The molecule has 230 valence electrons. The zero-order valence-electron chi connectivity index (χ0n) is 23.8. The second-order valence-electron chi connectivity index (χ2n) is 12.8. The van der Waals surface area contributed by atoms with Crippen molar-refractivity contribution in [2.45, 2.75) is 69.0 Å². The predicted molar refractivity (Wildman–Crippen MR) is 151 cm³/mol. The molecule has 3 aromatic rings. The summed E-state index contributed by atoms with van der Waals surface area (Å²) in [5.74, 6) is -5.08. The first kappa shape index (κ1) is 28.8. The molecular weight excluding hydrogens is 591 g/mol. The molecule has 0 unspecified atom stereocenters. The lowest BCUT2D eigenvalue weighted by Gasteiger charge is -2.37. The lowest BCUT2D eigenvalue weighted by Crippen LogP contribution is -2.48. The summed E-state index contributed by atoms with van der Waals surface area (Å²) in [5, 5.41) is 4.07. The Kier molecular flexibility index (Phi) is 6.36. The third kappa shape index (κ3) is 4.11. The van der Waals surface area contributed by atoms with Crippen LogP contribution in [0.1, 0.15) is 56.7 Å². The van der Waals surface area contributed by atoms with Gasteiger partial charge in [0, 0.05) is 37.4 Å². The highest BCUT2D eigenvalue weighted by Gasteiger charge is 2.82. The minimum Gasteiger partial charge on any atom is -0.342 e. The van der Waals surface area contributed by atoms with Crippen molar-refractivity contribution in [3.8, 4) is 0 Å². The molecule has 13 heteroatoms. The molecule has 3 atom stereocenters. The fraction of sp³-hybridized carbons (Fsp3) is 0.567. The van der Waals surface area contributed by atoms with E-state index in [2.05, 4.69) is 15.0 Å². The van der Waals surface area contributed by atoms with Crippen LogP contribution in [0.15, 0.2) is 36.5 Å². The molecule has 7 rings (SSSR count). The highest BCUT2D eigenvalue weighted by Crippen LogP contribution is 2.72. The zero-order chi connectivity index (χ0) is 30.5. The molecule has 7 nitrogen and oxygen atoms in total. The monoisotopic (exact) mass is 622 g/mol. The summed E-state index contributed by atoms with van der Waals surface area (Å²) in [5.41, 5.74) is -3.19. The molecule has 5 heterocycles. The van der Waals surface area contributed by atoms with Crippen LogP contribution < -0.4 is 4.90 Å². The van der Waals surface area contributed by atoms with Crippen LogP contribution in [0.25, 0.3) is 5.65 Å². The Morgan fingerprint density at radius 2 is 1.67 bits per heavy atom. The fourth-order valence-corrected chi connectivity index (χ4v) is 7.77. The number of likely N-dealkylation sites (tertiary alicyclic amines) is 2. The van der Waals surface area contributed by atoms with Crippen LogP contribution >= 0.6 is 11.6 Å². The van der Waals surface area contributed by atoms with E-state index in [-0.39, 0.29) is 27.7 Å². The van der Waals surface area contributed by atoms with E-state index in [9.17, 15) is 18.0 Å². The summed E-state index contributed by atoms with van der Waals surface area (Å²) >= 11 is 5.99. The standard InChI is InChI=1S/C30H32ClF5N6O/c1-27(30(34,35)36)17-41(21-16-37-23-15-22(31)38-42(23)25(21)27)20-7-5-18(6-8-20)24-28(2,29(24,32)33)26(43)40-13-9-19(10-14-40)39-11-3-4-12-39/h5-8,15-16,19,24H,3-4,9-14,17H2,1-2H3/t24-,27-,28+/m1/s1. The number of carbonyl (C=O) groups excluding carboxylic acids is 1. The summed E-state index contributed by atoms with van der Waals surface area (Å²) in [7, 11) is 0. The molecule has 43 heavy (non-hydrogen) atoms. The van der Waals surface area contributed by atoms with Gasteiger partial charge in [0.25, 0.3) is 5.92 Å². The van der Waals surface area contributed by atoms with Crippen LogP contribution in [-0.4, -0.2) is 81.2 Å². The third-order valence-corrected chi connectivity index (χ3v) is 10.5. The Morgan fingerprint density at radius 3 is 2.30 bits per heavy atom. The second kappa shape index (κ2) is 9.50. The molecule has 0 N–H and O–H groups in total. The number of hydrogen-bond acceptors (Lipinski definition) is 5. The average Bonchev–Trinajstić information content (AvgIpc) is 3.53. The van der Waals surface area contributed by atoms with Gasteiger partial charge in [0.05, 0.1) is 23.5 Å². The molecule has 1 aliphatic carbocycles. The minimum atomic E-state index is -4.62. The molecule has 3 fully saturated rings. The Hall–Kier alpha value is -2.99. The number of halogens is 6. The summed E-state index contributed by atoms with van der Waals surface area (Å²) in [6.45, 7) is 5.03. The van der Waals surface area contributed by atoms with E-state index in [0.29, 0.717) is 24.8 Å². The number of benzene rings is 1. The highest BCUT2D eigenvalue weighted by atomic mass is 35.5. The van der Waals surface area contributed by atoms with E-state index in [1.54, 1.807) is 4.90 Å². The number of hydrogen-bond donors (Lipinski definition) is 0. The molecule has 0 radical (unpaired) electrons. The van der Waals surface area contributed by atoms with Crippen molar-refractivity contribution in [1.82, 2.24) is 24.4 Å². The molecule has 4 aliphatic rings. The van der Waals surface area contributed by atoms with E-state index in [1.165, 1.54) is 61.2 Å². The first-order chi connectivity index (χ1) is 20.3. The van der Waals surface area contributed by atoms with E-state index >= 15 is 8.78 Å². The predicted octanol–water partition coefficient (Wildman–Crippen LogP) is 6.18. The maximum Gasteiger partial charge on any atom is 0.401 e. The number of nitrogens with zero attached hydrogens (tertiary/aromatic N) is 6. The van der Waals surface area contributed by atoms with Gasteiger partial charge in [-0.25, -0.2) is 18.3 Å². The first-order valence-electron chi connectivity index (χ1n) is 14.7. The zero-order valence-corrected chi connectivity index (χ0v) is 24.6. The lowest BCUT2D eigenvalue weighted by atomic mass is 9.87. The summed E-state index contributed by atoms with van der Waals surface area (Å²) in [6, 6.07) is 7.83. The van der Waals surface area contributed by atoms with E-state index in [1.807, 2.05) is 0 Å². The molecule has 2 saturated heterocycles. The second-order valence-corrected chi connectivity index (χ2v) is 13.1. The van der Waals surface area contributed by atoms with E-state index in [0.717, 1.165) is 37.4 Å². The number of amides is 1. The van der Waals surface area contributed by atoms with Gasteiger partial charge in [0.15, 0.2) is 10.8 Å². The Balaban J connectivity index is 1.13. The van der Waals surface area contributed by atoms with Gasteiger partial charge in [0.2, 0.25) is 5.91 Å². The molecule has 3 aliphatic heterocycles. The number of piperidine rings is 1. The van der Waals surface area contributed by atoms with Crippen LogP contribution in [0.4, 0.5) is 33.3 Å². The van der Waals surface area contributed by atoms with Gasteiger partial charge in [-0.05, 0) is 70.3 Å². The molecule has 0 bridgehead atoms. The van der Waals surface area contributed by atoms with E-state index < -0.39 is 41.3 Å². The van der Waals surface area contributed by atoms with Gasteiger partial charge >= 0.3 is 6.18 Å². The smallest absolute Gasteiger partial charge is 0.342 e. The number of rotatable bonds is 4.